The fourth-order valence-electron chi connectivity index (χ4n) is 3.98. The maximum Gasteiger partial charge on any atom is 0.177 e. The Bertz CT molecular complexity index is 1080. The second-order valence-electron chi connectivity index (χ2n) is 6.75. The Labute approximate surface area is 151 Å². The van der Waals surface area contributed by atoms with Crippen LogP contribution < -0.4 is 0 Å². The van der Waals surface area contributed by atoms with Gasteiger partial charge in [-0.3, -0.25) is 5.10 Å². The molecule has 0 aliphatic heterocycles. The van der Waals surface area contributed by atoms with Crippen LogP contribution in [-0.2, 0) is 19.4 Å². The van der Waals surface area contributed by atoms with E-state index in [1.165, 1.54) is 11.3 Å². The predicted molar refractivity (Wildman–Crippen MR) is 101 cm³/mol. The highest BCUT2D eigenvalue weighted by molar-refractivity contribution is 5.79. The average Bonchev–Trinajstić information content (AvgIpc) is 3.39. The largest absolute Gasteiger partial charge is 0.325 e. The smallest absolute Gasteiger partial charge is 0.177 e. The van der Waals surface area contributed by atoms with Gasteiger partial charge in [-0.15, -0.1) is 6.58 Å². The van der Waals surface area contributed by atoms with E-state index in [2.05, 4.69) is 43.2 Å². The number of aromatic nitrogens is 6. The molecule has 5 rings (SSSR count). The lowest BCUT2D eigenvalue weighted by atomic mass is 9.93. The van der Waals surface area contributed by atoms with E-state index in [0.29, 0.717) is 12.6 Å². The summed E-state index contributed by atoms with van der Waals surface area (Å²) in [7, 11) is 0. The Balaban J connectivity index is 1.61. The number of aryl methyl sites for hydroxylation is 1. The van der Waals surface area contributed by atoms with Crippen LogP contribution in [0.3, 0.4) is 0 Å². The van der Waals surface area contributed by atoms with Gasteiger partial charge in [-0.2, -0.15) is 5.10 Å². The summed E-state index contributed by atoms with van der Waals surface area (Å²) in [6.45, 7) is 4.62. The van der Waals surface area contributed by atoms with Gasteiger partial charge in [0.05, 0.1) is 17.2 Å². The number of nitrogens with zero attached hydrogens (tertiary/aromatic N) is 5. The molecule has 0 spiro atoms. The molecule has 0 amide bonds. The van der Waals surface area contributed by atoms with E-state index in [0.717, 1.165) is 41.9 Å². The van der Waals surface area contributed by atoms with Crippen LogP contribution in [0.2, 0.25) is 0 Å². The second kappa shape index (κ2) is 5.98. The molecule has 130 valence electrons. The number of fused-ring (bicyclic) bond motifs is 2. The van der Waals surface area contributed by atoms with E-state index in [9.17, 15) is 0 Å². The maximum atomic E-state index is 4.88. The minimum Gasteiger partial charge on any atom is -0.325 e. The summed E-state index contributed by atoms with van der Waals surface area (Å²) in [5, 5.41) is 7.30. The van der Waals surface area contributed by atoms with Gasteiger partial charge in [0.15, 0.2) is 11.6 Å². The predicted octanol–water partition coefficient (Wildman–Crippen LogP) is 3.54. The molecule has 6 heteroatoms. The first-order valence-corrected chi connectivity index (χ1v) is 8.95. The van der Waals surface area contributed by atoms with Crippen molar-refractivity contribution in [1.29, 1.82) is 0 Å². The SMILES string of the molecule is C=CCn1c(-c2nccn2[C@H]2CCc3[nH]ncc3C2)nc2ccccc21. The molecule has 3 heterocycles. The molecule has 3 aromatic heterocycles. The van der Waals surface area contributed by atoms with Gasteiger partial charge >= 0.3 is 0 Å². The molecule has 0 unspecified atom stereocenters. The first-order chi connectivity index (χ1) is 12.8. The Morgan fingerprint density at radius 3 is 3.12 bits per heavy atom. The van der Waals surface area contributed by atoms with E-state index in [-0.39, 0.29) is 0 Å². The molecule has 6 nitrogen and oxygen atoms in total. The lowest BCUT2D eigenvalue weighted by Gasteiger charge is -2.24. The minimum atomic E-state index is 0.370. The van der Waals surface area contributed by atoms with Crippen LogP contribution in [-0.4, -0.2) is 29.3 Å². The van der Waals surface area contributed by atoms with Gasteiger partial charge in [0.1, 0.15) is 0 Å². The number of imidazole rings is 2. The monoisotopic (exact) mass is 344 g/mol. The minimum absolute atomic E-state index is 0.370. The number of hydrogen-bond acceptors (Lipinski definition) is 3. The number of aromatic amines is 1. The molecule has 1 aliphatic rings. The normalized spacial score (nSPS) is 16.7. The van der Waals surface area contributed by atoms with Crippen molar-refractivity contribution in [2.45, 2.75) is 31.8 Å². The zero-order valence-corrected chi connectivity index (χ0v) is 14.5. The topological polar surface area (TPSA) is 64.3 Å². The average molecular weight is 344 g/mol. The van der Waals surface area contributed by atoms with Crippen LogP contribution in [0.5, 0.6) is 0 Å². The van der Waals surface area contributed by atoms with Crippen molar-refractivity contribution in [2.75, 3.05) is 0 Å². The van der Waals surface area contributed by atoms with Gasteiger partial charge in [0.25, 0.3) is 0 Å². The highest BCUT2D eigenvalue weighted by Gasteiger charge is 2.25. The van der Waals surface area contributed by atoms with Crippen molar-refractivity contribution in [1.82, 2.24) is 29.3 Å². The van der Waals surface area contributed by atoms with Crippen LogP contribution >= 0.6 is 0 Å². The zero-order valence-electron chi connectivity index (χ0n) is 14.5. The number of hydrogen-bond donors (Lipinski definition) is 1. The summed E-state index contributed by atoms with van der Waals surface area (Å²) >= 11 is 0. The van der Waals surface area contributed by atoms with Crippen LogP contribution in [0, 0.1) is 0 Å². The first kappa shape index (κ1) is 15.1. The standard InChI is InChI=1S/C20H20N6/c1-2-10-26-18-6-4-3-5-17(18)23-20(26)19-21-9-11-25(19)15-7-8-16-14(12-15)13-22-24-16/h2-6,9,11,13,15H,1,7-8,10,12H2,(H,22,24)/t15-/m0/s1. The first-order valence-electron chi connectivity index (χ1n) is 8.95. The summed E-state index contributed by atoms with van der Waals surface area (Å²) < 4.78 is 4.46. The Kier molecular flexibility index (Phi) is 3.48. The number of rotatable bonds is 4. The third-order valence-electron chi connectivity index (χ3n) is 5.22. The van der Waals surface area contributed by atoms with Gasteiger partial charge in [0, 0.05) is 30.7 Å². The highest BCUT2D eigenvalue weighted by Crippen LogP contribution is 2.32. The number of para-hydroxylation sites is 2. The van der Waals surface area contributed by atoms with Crippen molar-refractivity contribution in [3.63, 3.8) is 0 Å². The molecule has 0 saturated heterocycles. The summed E-state index contributed by atoms with van der Waals surface area (Å²) in [4.78, 5) is 9.54. The summed E-state index contributed by atoms with van der Waals surface area (Å²) in [6, 6.07) is 8.58. The lowest BCUT2D eigenvalue weighted by molar-refractivity contribution is 0.442. The van der Waals surface area contributed by atoms with Gasteiger partial charge < -0.3 is 9.13 Å². The second-order valence-corrected chi connectivity index (χ2v) is 6.75. The molecule has 0 bridgehead atoms. The number of benzene rings is 1. The molecule has 0 saturated carbocycles. The van der Waals surface area contributed by atoms with Crippen LogP contribution in [0.4, 0.5) is 0 Å². The molecule has 1 aliphatic carbocycles. The molecule has 0 fully saturated rings. The quantitative estimate of drug-likeness (QED) is 0.576. The molecule has 0 radical (unpaired) electrons. The highest BCUT2D eigenvalue weighted by atomic mass is 15.2. The van der Waals surface area contributed by atoms with Crippen LogP contribution in [0.25, 0.3) is 22.7 Å². The van der Waals surface area contributed by atoms with E-state index < -0.39 is 0 Å². The van der Waals surface area contributed by atoms with Gasteiger partial charge in [0.2, 0.25) is 0 Å². The lowest BCUT2D eigenvalue weighted by Crippen LogP contribution is -2.19. The fourth-order valence-corrected chi connectivity index (χ4v) is 3.98. The molecule has 4 aromatic rings. The number of allylic oxidation sites excluding steroid dienone is 1. The molecular weight excluding hydrogens is 324 g/mol. The Morgan fingerprint density at radius 1 is 1.27 bits per heavy atom. The molecule has 1 atom stereocenters. The Hall–Kier alpha value is -3.15. The van der Waals surface area contributed by atoms with E-state index in [1.807, 2.05) is 36.7 Å². The van der Waals surface area contributed by atoms with Gasteiger partial charge in [-0.1, -0.05) is 18.2 Å². The van der Waals surface area contributed by atoms with E-state index >= 15 is 0 Å². The summed E-state index contributed by atoms with van der Waals surface area (Å²) in [5.74, 6) is 1.81. The maximum absolute atomic E-state index is 4.88. The van der Waals surface area contributed by atoms with E-state index in [1.54, 1.807) is 0 Å². The molecular formula is C20H20N6. The van der Waals surface area contributed by atoms with Gasteiger partial charge in [-0.25, -0.2) is 9.97 Å². The summed E-state index contributed by atoms with van der Waals surface area (Å²) in [6.07, 6.45) is 10.9. The number of nitrogens with one attached hydrogen (secondary N) is 1. The number of H-pyrrole nitrogens is 1. The zero-order chi connectivity index (χ0) is 17.5. The van der Waals surface area contributed by atoms with Crippen molar-refractivity contribution in [3.05, 3.63) is 66.8 Å². The van der Waals surface area contributed by atoms with Crippen molar-refractivity contribution < 1.29 is 0 Å². The third kappa shape index (κ3) is 2.29. The molecule has 1 N–H and O–H groups in total. The van der Waals surface area contributed by atoms with Gasteiger partial charge in [-0.05, 0) is 37.0 Å². The molecule has 26 heavy (non-hydrogen) atoms. The van der Waals surface area contributed by atoms with Crippen LogP contribution in [0.1, 0.15) is 23.7 Å². The van der Waals surface area contributed by atoms with Crippen molar-refractivity contribution in [3.8, 4) is 11.6 Å². The third-order valence-corrected chi connectivity index (χ3v) is 5.22. The summed E-state index contributed by atoms with van der Waals surface area (Å²) in [5.41, 5.74) is 4.67. The van der Waals surface area contributed by atoms with E-state index in [4.69, 9.17) is 4.98 Å². The molecule has 1 aromatic carbocycles. The fraction of sp³-hybridized carbons (Fsp3) is 0.250. The Morgan fingerprint density at radius 2 is 2.19 bits per heavy atom. The van der Waals surface area contributed by atoms with Crippen LogP contribution in [0.15, 0.2) is 55.5 Å². The van der Waals surface area contributed by atoms with Crippen molar-refractivity contribution >= 4 is 11.0 Å². The van der Waals surface area contributed by atoms with Crippen molar-refractivity contribution in [2.24, 2.45) is 0 Å².